The number of ether oxygens (including phenoxy) is 3. The Morgan fingerprint density at radius 2 is 1.92 bits per heavy atom. The highest BCUT2D eigenvalue weighted by Crippen LogP contribution is 2.46. The molecule has 2 aromatic rings. The van der Waals surface area contributed by atoms with Gasteiger partial charge in [0.1, 0.15) is 0 Å². The zero-order valence-electron chi connectivity index (χ0n) is 14.6. The first kappa shape index (κ1) is 16.6. The van der Waals surface area contributed by atoms with Crippen LogP contribution < -0.4 is 0 Å². The first-order chi connectivity index (χ1) is 12.7. The van der Waals surface area contributed by atoms with Crippen molar-refractivity contribution in [1.82, 2.24) is 0 Å². The minimum Gasteiger partial charge on any atom is -0.463 e. The highest BCUT2D eigenvalue weighted by atomic mass is 16.7. The summed E-state index contributed by atoms with van der Waals surface area (Å²) in [7, 11) is 1.35. The van der Waals surface area contributed by atoms with Crippen molar-refractivity contribution in [2.24, 2.45) is 5.92 Å². The summed E-state index contributed by atoms with van der Waals surface area (Å²) in [5, 5.41) is 0. The van der Waals surface area contributed by atoms with Gasteiger partial charge in [-0.25, -0.2) is 4.79 Å². The van der Waals surface area contributed by atoms with Crippen molar-refractivity contribution in [3.63, 3.8) is 0 Å². The molecule has 2 heterocycles. The van der Waals surface area contributed by atoms with Crippen LogP contribution in [0.3, 0.4) is 0 Å². The lowest BCUT2D eigenvalue weighted by atomic mass is 9.89. The maximum Gasteiger partial charge on any atom is 0.373 e. The zero-order valence-corrected chi connectivity index (χ0v) is 14.6. The van der Waals surface area contributed by atoms with E-state index in [1.165, 1.54) is 7.11 Å². The van der Waals surface area contributed by atoms with Crippen LogP contribution >= 0.6 is 0 Å². The maximum absolute atomic E-state index is 12.1. The zero-order chi connectivity index (χ0) is 18.0. The van der Waals surface area contributed by atoms with E-state index < -0.39 is 11.8 Å². The topological polar surface area (TPSA) is 44.8 Å². The molecule has 0 fully saturated rings. The van der Waals surface area contributed by atoms with Crippen LogP contribution in [0.25, 0.3) is 6.08 Å². The van der Waals surface area contributed by atoms with Gasteiger partial charge in [0, 0.05) is 17.9 Å². The fraction of sp³-hybridized carbons (Fsp3) is 0.227. The van der Waals surface area contributed by atoms with E-state index in [2.05, 4.69) is 12.2 Å². The predicted octanol–water partition coefficient (Wildman–Crippen LogP) is 4.18. The van der Waals surface area contributed by atoms with Gasteiger partial charge in [0.15, 0.2) is 0 Å². The van der Waals surface area contributed by atoms with Crippen LogP contribution in [0.5, 0.6) is 0 Å². The van der Waals surface area contributed by atoms with E-state index >= 15 is 0 Å². The Balaban J connectivity index is 1.68. The van der Waals surface area contributed by atoms with Crippen LogP contribution in [-0.2, 0) is 31.4 Å². The van der Waals surface area contributed by atoms with E-state index in [0.717, 1.165) is 16.7 Å². The number of fused-ring (bicyclic) bond motifs is 2. The molecule has 2 aliphatic rings. The lowest BCUT2D eigenvalue weighted by Gasteiger charge is -2.36. The Bertz CT molecular complexity index is 869. The Labute approximate surface area is 152 Å². The molecule has 2 atom stereocenters. The average molecular weight is 348 g/mol. The van der Waals surface area contributed by atoms with Gasteiger partial charge in [0.2, 0.25) is 11.5 Å². The van der Waals surface area contributed by atoms with Gasteiger partial charge in [-0.2, -0.15) is 0 Å². The van der Waals surface area contributed by atoms with Crippen LogP contribution in [0, 0.1) is 5.92 Å². The molecule has 0 radical (unpaired) electrons. The molecule has 0 aromatic heterocycles. The number of methoxy groups -OCH3 is 1. The predicted molar refractivity (Wildman–Crippen MR) is 97.7 cm³/mol. The van der Waals surface area contributed by atoms with Gasteiger partial charge in [-0.05, 0) is 17.2 Å². The van der Waals surface area contributed by atoms with E-state index in [9.17, 15) is 4.79 Å². The SMILES string of the molecule is COC(=O)C1=C[C@H](/C=C/c2ccccc2)C[C@@]2(OCc3ccccc32)O1. The van der Waals surface area contributed by atoms with Crippen LogP contribution in [0.4, 0.5) is 0 Å². The smallest absolute Gasteiger partial charge is 0.373 e. The van der Waals surface area contributed by atoms with Gasteiger partial charge in [-0.3, -0.25) is 0 Å². The summed E-state index contributed by atoms with van der Waals surface area (Å²) in [5.74, 6) is -1.25. The van der Waals surface area contributed by atoms with Crippen molar-refractivity contribution in [3.05, 3.63) is 89.2 Å². The highest BCUT2D eigenvalue weighted by molar-refractivity contribution is 5.86. The summed E-state index contributed by atoms with van der Waals surface area (Å²) in [4.78, 5) is 12.1. The summed E-state index contributed by atoms with van der Waals surface area (Å²) < 4.78 is 17.0. The van der Waals surface area contributed by atoms with Gasteiger partial charge >= 0.3 is 5.97 Å². The Kier molecular flexibility index (Phi) is 4.35. The number of rotatable bonds is 3. The third-order valence-electron chi connectivity index (χ3n) is 4.76. The first-order valence-corrected chi connectivity index (χ1v) is 8.65. The molecule has 0 N–H and O–H groups in total. The summed E-state index contributed by atoms with van der Waals surface area (Å²) in [6, 6.07) is 18.0. The molecule has 0 saturated carbocycles. The van der Waals surface area contributed by atoms with Gasteiger partial charge in [0.05, 0.1) is 13.7 Å². The van der Waals surface area contributed by atoms with Crippen molar-refractivity contribution in [1.29, 1.82) is 0 Å². The third-order valence-corrected chi connectivity index (χ3v) is 4.76. The molecule has 0 unspecified atom stereocenters. The second-order valence-corrected chi connectivity index (χ2v) is 6.46. The Morgan fingerprint density at radius 1 is 1.15 bits per heavy atom. The molecular formula is C22H20O4. The second-order valence-electron chi connectivity index (χ2n) is 6.46. The molecule has 1 spiro atoms. The molecule has 4 nitrogen and oxygen atoms in total. The molecule has 0 bridgehead atoms. The standard InChI is InChI=1S/C22H20O4/c1-24-21(23)20-13-17(12-11-16-7-3-2-4-8-16)14-22(26-20)19-10-6-5-9-18(19)15-25-22/h2-13,17H,14-15H2,1H3/b12-11+/t17-,22+/m0/s1. The molecule has 0 saturated heterocycles. The minimum atomic E-state index is -0.944. The van der Waals surface area contributed by atoms with Gasteiger partial charge in [0.25, 0.3) is 0 Å². The molecule has 0 amide bonds. The van der Waals surface area contributed by atoms with Crippen molar-refractivity contribution >= 4 is 12.0 Å². The van der Waals surface area contributed by atoms with Crippen LogP contribution in [-0.4, -0.2) is 13.1 Å². The number of hydrogen-bond acceptors (Lipinski definition) is 4. The quantitative estimate of drug-likeness (QED) is 0.781. The molecule has 4 rings (SSSR count). The van der Waals surface area contributed by atoms with E-state index in [4.69, 9.17) is 14.2 Å². The lowest BCUT2D eigenvalue weighted by molar-refractivity contribution is -0.233. The number of allylic oxidation sites excluding steroid dienone is 2. The number of carbonyl (C=O) groups excluding carboxylic acids is 1. The molecule has 2 aliphatic heterocycles. The van der Waals surface area contributed by atoms with Crippen LogP contribution in [0.15, 0.2) is 72.5 Å². The molecular weight excluding hydrogens is 328 g/mol. The van der Waals surface area contributed by atoms with E-state index in [-0.39, 0.29) is 11.7 Å². The summed E-state index contributed by atoms with van der Waals surface area (Å²) in [5.41, 5.74) is 3.17. The van der Waals surface area contributed by atoms with Gasteiger partial charge in [-0.1, -0.05) is 66.7 Å². The fourth-order valence-electron chi connectivity index (χ4n) is 3.49. The number of hydrogen-bond donors (Lipinski definition) is 0. The Hall–Kier alpha value is -2.85. The number of esters is 1. The van der Waals surface area contributed by atoms with E-state index in [1.54, 1.807) is 6.08 Å². The first-order valence-electron chi connectivity index (χ1n) is 8.65. The molecule has 26 heavy (non-hydrogen) atoms. The van der Waals surface area contributed by atoms with Crippen molar-refractivity contribution in [2.75, 3.05) is 7.11 Å². The minimum absolute atomic E-state index is 0.00999. The average Bonchev–Trinajstić information content (AvgIpc) is 3.04. The maximum atomic E-state index is 12.1. The second kappa shape index (κ2) is 6.81. The highest BCUT2D eigenvalue weighted by Gasteiger charge is 2.47. The summed E-state index contributed by atoms with van der Waals surface area (Å²) >= 11 is 0. The molecule has 132 valence electrons. The number of carbonyl (C=O) groups is 1. The van der Waals surface area contributed by atoms with E-state index in [1.807, 2.05) is 54.6 Å². The monoisotopic (exact) mass is 348 g/mol. The van der Waals surface area contributed by atoms with Crippen LogP contribution in [0.2, 0.25) is 0 Å². The summed E-state index contributed by atoms with van der Waals surface area (Å²) in [6.45, 7) is 0.472. The molecule has 4 heteroatoms. The lowest BCUT2D eigenvalue weighted by Crippen LogP contribution is -2.36. The van der Waals surface area contributed by atoms with Crippen molar-refractivity contribution < 1.29 is 19.0 Å². The van der Waals surface area contributed by atoms with E-state index in [0.29, 0.717) is 13.0 Å². The van der Waals surface area contributed by atoms with Crippen LogP contribution in [0.1, 0.15) is 23.1 Å². The normalized spacial score (nSPS) is 24.2. The Morgan fingerprint density at radius 3 is 2.73 bits per heavy atom. The van der Waals surface area contributed by atoms with Gasteiger partial charge in [-0.15, -0.1) is 0 Å². The molecule has 2 aromatic carbocycles. The van der Waals surface area contributed by atoms with Crippen molar-refractivity contribution in [3.8, 4) is 0 Å². The number of benzene rings is 2. The van der Waals surface area contributed by atoms with Crippen molar-refractivity contribution in [2.45, 2.75) is 18.8 Å². The molecule has 0 aliphatic carbocycles. The fourth-order valence-corrected chi connectivity index (χ4v) is 3.49. The summed E-state index contributed by atoms with van der Waals surface area (Å²) in [6.07, 6.45) is 6.54. The largest absolute Gasteiger partial charge is 0.463 e. The third kappa shape index (κ3) is 3.04. The van der Waals surface area contributed by atoms with Gasteiger partial charge < -0.3 is 14.2 Å².